The predicted molar refractivity (Wildman–Crippen MR) is 55.2 cm³/mol. The van der Waals surface area contributed by atoms with E-state index in [9.17, 15) is 18.3 Å². The van der Waals surface area contributed by atoms with E-state index < -0.39 is 23.6 Å². The number of rotatable bonds is 3. The van der Waals surface area contributed by atoms with Crippen molar-refractivity contribution in [2.24, 2.45) is 0 Å². The van der Waals surface area contributed by atoms with Gasteiger partial charge < -0.3 is 14.6 Å². The smallest absolute Gasteiger partial charge is 0.420 e. The number of alkyl halides is 3. The molecular formula is C11H13F3O3. The SMILES string of the molecule is COc1c(C(C)O)ccc(C(F)(F)F)c1OC. The lowest BCUT2D eigenvalue weighted by molar-refractivity contribution is -0.138. The minimum atomic E-state index is -4.53. The highest BCUT2D eigenvalue weighted by Gasteiger charge is 2.36. The second kappa shape index (κ2) is 4.83. The van der Waals surface area contributed by atoms with Crippen LogP contribution >= 0.6 is 0 Å². The lowest BCUT2D eigenvalue weighted by Gasteiger charge is -2.19. The molecule has 0 aliphatic heterocycles. The van der Waals surface area contributed by atoms with Crippen LogP contribution in [0.15, 0.2) is 12.1 Å². The molecule has 6 heteroatoms. The van der Waals surface area contributed by atoms with E-state index in [1.165, 1.54) is 20.1 Å². The van der Waals surface area contributed by atoms with Gasteiger partial charge in [-0.2, -0.15) is 13.2 Å². The summed E-state index contributed by atoms with van der Waals surface area (Å²) in [5.41, 5.74) is -0.682. The Morgan fingerprint density at radius 3 is 2.00 bits per heavy atom. The average Bonchev–Trinajstić information content (AvgIpc) is 2.25. The van der Waals surface area contributed by atoms with Gasteiger partial charge in [-0.3, -0.25) is 0 Å². The number of hydrogen-bond acceptors (Lipinski definition) is 3. The Balaban J connectivity index is 3.49. The molecule has 1 aromatic rings. The first-order chi connectivity index (χ1) is 7.82. The molecule has 0 aromatic heterocycles. The van der Waals surface area contributed by atoms with Crippen molar-refractivity contribution in [3.8, 4) is 11.5 Å². The maximum absolute atomic E-state index is 12.7. The molecule has 3 nitrogen and oxygen atoms in total. The highest BCUT2D eigenvalue weighted by molar-refractivity contribution is 5.53. The van der Waals surface area contributed by atoms with Gasteiger partial charge in [0.05, 0.1) is 20.3 Å². The third-order valence-corrected chi connectivity index (χ3v) is 2.31. The largest absolute Gasteiger partial charge is 0.492 e. The Hall–Kier alpha value is -1.43. The van der Waals surface area contributed by atoms with Crippen LogP contribution < -0.4 is 9.47 Å². The van der Waals surface area contributed by atoms with Gasteiger partial charge in [0, 0.05) is 5.56 Å². The Labute approximate surface area is 96.8 Å². The van der Waals surface area contributed by atoms with Crippen molar-refractivity contribution >= 4 is 0 Å². The number of aliphatic hydroxyl groups is 1. The standard InChI is InChI=1S/C11H13F3O3/c1-6(15)7-4-5-8(11(12,13)14)10(17-3)9(7)16-2/h4-6,15H,1-3H3. The minimum absolute atomic E-state index is 0.0997. The van der Waals surface area contributed by atoms with E-state index in [0.717, 1.165) is 13.2 Å². The van der Waals surface area contributed by atoms with Gasteiger partial charge in [-0.15, -0.1) is 0 Å². The first kappa shape index (κ1) is 13.6. The van der Waals surface area contributed by atoms with Crippen LogP contribution in [-0.4, -0.2) is 19.3 Å². The number of benzene rings is 1. The van der Waals surface area contributed by atoms with Gasteiger partial charge in [0.1, 0.15) is 5.56 Å². The zero-order chi connectivity index (χ0) is 13.2. The topological polar surface area (TPSA) is 38.7 Å². The van der Waals surface area contributed by atoms with Crippen molar-refractivity contribution < 1.29 is 27.8 Å². The monoisotopic (exact) mass is 250 g/mol. The van der Waals surface area contributed by atoms with Crippen LogP contribution in [0.1, 0.15) is 24.2 Å². The Bertz CT molecular complexity index is 400. The Morgan fingerprint density at radius 1 is 1.12 bits per heavy atom. The van der Waals surface area contributed by atoms with Gasteiger partial charge in [0.15, 0.2) is 11.5 Å². The summed E-state index contributed by atoms with van der Waals surface area (Å²) < 4.78 is 47.7. The molecule has 96 valence electrons. The van der Waals surface area contributed by atoms with E-state index in [1.54, 1.807) is 0 Å². The summed E-state index contributed by atoms with van der Waals surface area (Å²) in [6.45, 7) is 1.44. The summed E-state index contributed by atoms with van der Waals surface area (Å²) >= 11 is 0. The van der Waals surface area contributed by atoms with E-state index in [4.69, 9.17) is 9.47 Å². The van der Waals surface area contributed by atoms with Crippen LogP contribution in [0.4, 0.5) is 13.2 Å². The lowest BCUT2D eigenvalue weighted by atomic mass is 10.0. The molecule has 1 N–H and O–H groups in total. The van der Waals surface area contributed by atoms with Gasteiger partial charge in [-0.25, -0.2) is 0 Å². The highest BCUT2D eigenvalue weighted by atomic mass is 19.4. The summed E-state index contributed by atoms with van der Waals surface area (Å²) in [5.74, 6) is -0.518. The molecule has 17 heavy (non-hydrogen) atoms. The molecule has 0 bridgehead atoms. The molecule has 0 fully saturated rings. The molecule has 0 heterocycles. The summed E-state index contributed by atoms with van der Waals surface area (Å²) in [6.07, 6.45) is -5.48. The number of ether oxygens (including phenoxy) is 2. The lowest BCUT2D eigenvalue weighted by Crippen LogP contribution is -2.10. The molecule has 0 amide bonds. The third kappa shape index (κ3) is 2.63. The van der Waals surface area contributed by atoms with E-state index >= 15 is 0 Å². The second-order valence-electron chi connectivity index (χ2n) is 3.44. The summed E-state index contributed by atoms with van der Waals surface area (Å²) in [5, 5.41) is 9.43. The van der Waals surface area contributed by atoms with Gasteiger partial charge in [-0.1, -0.05) is 6.07 Å². The zero-order valence-electron chi connectivity index (χ0n) is 9.63. The number of hydrogen-bond donors (Lipinski definition) is 1. The van der Waals surface area contributed by atoms with Crippen molar-refractivity contribution in [1.29, 1.82) is 0 Å². The summed E-state index contributed by atoms with van der Waals surface area (Å²) in [7, 11) is 2.35. The quantitative estimate of drug-likeness (QED) is 0.896. The fraction of sp³-hybridized carbons (Fsp3) is 0.455. The third-order valence-electron chi connectivity index (χ3n) is 2.31. The first-order valence-electron chi connectivity index (χ1n) is 4.83. The van der Waals surface area contributed by atoms with Crippen molar-refractivity contribution in [1.82, 2.24) is 0 Å². The van der Waals surface area contributed by atoms with Crippen molar-refractivity contribution in [2.45, 2.75) is 19.2 Å². The molecule has 1 rings (SSSR count). The van der Waals surface area contributed by atoms with Crippen LogP contribution in [0.2, 0.25) is 0 Å². The molecule has 1 unspecified atom stereocenters. The second-order valence-corrected chi connectivity index (χ2v) is 3.44. The van der Waals surface area contributed by atoms with E-state index in [1.807, 2.05) is 0 Å². The van der Waals surface area contributed by atoms with E-state index in [0.29, 0.717) is 0 Å². The summed E-state index contributed by atoms with van der Waals surface area (Å²) in [4.78, 5) is 0. The van der Waals surface area contributed by atoms with Crippen molar-refractivity contribution in [2.75, 3.05) is 14.2 Å². The Morgan fingerprint density at radius 2 is 1.65 bits per heavy atom. The number of methoxy groups -OCH3 is 2. The highest BCUT2D eigenvalue weighted by Crippen LogP contribution is 2.44. The molecule has 1 aromatic carbocycles. The molecule has 0 saturated carbocycles. The molecule has 0 spiro atoms. The maximum Gasteiger partial charge on any atom is 0.420 e. The number of aliphatic hydroxyl groups excluding tert-OH is 1. The van der Waals surface area contributed by atoms with Crippen LogP contribution in [-0.2, 0) is 6.18 Å². The normalized spacial score (nSPS) is 13.4. The summed E-state index contributed by atoms with van der Waals surface area (Å²) in [6, 6.07) is 2.04. The van der Waals surface area contributed by atoms with Gasteiger partial charge >= 0.3 is 6.18 Å². The molecular weight excluding hydrogens is 237 g/mol. The van der Waals surface area contributed by atoms with E-state index in [2.05, 4.69) is 0 Å². The molecule has 0 radical (unpaired) electrons. The van der Waals surface area contributed by atoms with Gasteiger partial charge in [0.2, 0.25) is 0 Å². The maximum atomic E-state index is 12.7. The van der Waals surface area contributed by atoms with Crippen molar-refractivity contribution in [3.05, 3.63) is 23.3 Å². The Kier molecular flexibility index (Phi) is 3.87. The van der Waals surface area contributed by atoms with Crippen LogP contribution in [0, 0.1) is 0 Å². The number of halogens is 3. The minimum Gasteiger partial charge on any atom is -0.492 e. The van der Waals surface area contributed by atoms with E-state index in [-0.39, 0.29) is 11.3 Å². The first-order valence-corrected chi connectivity index (χ1v) is 4.83. The van der Waals surface area contributed by atoms with Crippen LogP contribution in [0.25, 0.3) is 0 Å². The fourth-order valence-corrected chi connectivity index (χ4v) is 1.54. The van der Waals surface area contributed by atoms with Gasteiger partial charge in [0.25, 0.3) is 0 Å². The zero-order valence-corrected chi connectivity index (χ0v) is 9.63. The van der Waals surface area contributed by atoms with Crippen LogP contribution in [0.5, 0.6) is 11.5 Å². The van der Waals surface area contributed by atoms with Gasteiger partial charge in [-0.05, 0) is 13.0 Å². The predicted octanol–water partition coefficient (Wildman–Crippen LogP) is 2.78. The molecule has 0 saturated heterocycles. The molecule has 0 aliphatic carbocycles. The molecule has 0 aliphatic rings. The van der Waals surface area contributed by atoms with Crippen LogP contribution in [0.3, 0.4) is 0 Å². The molecule has 1 atom stereocenters. The fourth-order valence-electron chi connectivity index (χ4n) is 1.54. The van der Waals surface area contributed by atoms with Crippen molar-refractivity contribution in [3.63, 3.8) is 0 Å². The average molecular weight is 250 g/mol.